The van der Waals surface area contributed by atoms with Crippen molar-refractivity contribution in [1.29, 1.82) is 0 Å². The van der Waals surface area contributed by atoms with Gasteiger partial charge in [-0.05, 0) is 50.1 Å². The molecular weight excluding hydrogens is 360 g/mol. The number of aromatic nitrogens is 2. The van der Waals surface area contributed by atoms with Crippen molar-refractivity contribution in [3.63, 3.8) is 0 Å². The molecule has 0 aliphatic carbocycles. The third-order valence-corrected chi connectivity index (χ3v) is 5.67. The first kappa shape index (κ1) is 17.9. The Balaban J connectivity index is 1.55. The number of piperazine rings is 1. The first-order chi connectivity index (χ1) is 13.0. The maximum atomic E-state index is 13.2. The molecule has 1 aliphatic heterocycles. The predicted octanol–water partition coefficient (Wildman–Crippen LogP) is 3.88. The molecule has 0 N–H and O–H groups in total. The number of amides is 1. The Morgan fingerprint density at radius 2 is 1.78 bits per heavy atom. The molecule has 0 atom stereocenters. The molecule has 27 heavy (non-hydrogen) atoms. The minimum atomic E-state index is 0.0166. The third kappa shape index (κ3) is 3.16. The molecule has 1 saturated heterocycles. The van der Waals surface area contributed by atoms with Crippen LogP contribution < -0.4 is 4.90 Å². The van der Waals surface area contributed by atoms with Gasteiger partial charge in [0.05, 0.1) is 10.7 Å². The minimum absolute atomic E-state index is 0.0166. The average Bonchev–Trinajstić information content (AvgIpc) is 2.98. The van der Waals surface area contributed by atoms with E-state index in [1.165, 1.54) is 16.8 Å². The fraction of sp³-hybridized carbons (Fsp3) is 0.333. The number of fused-ring (bicyclic) bond motifs is 1. The van der Waals surface area contributed by atoms with Gasteiger partial charge in [-0.15, -0.1) is 0 Å². The van der Waals surface area contributed by atoms with E-state index in [9.17, 15) is 4.79 Å². The summed E-state index contributed by atoms with van der Waals surface area (Å²) in [6.45, 7) is 9.21. The van der Waals surface area contributed by atoms with E-state index < -0.39 is 0 Å². The van der Waals surface area contributed by atoms with E-state index in [2.05, 4.69) is 41.9 Å². The van der Waals surface area contributed by atoms with Crippen molar-refractivity contribution in [2.24, 2.45) is 0 Å². The van der Waals surface area contributed by atoms with Gasteiger partial charge in [-0.1, -0.05) is 23.7 Å². The molecule has 0 saturated carbocycles. The van der Waals surface area contributed by atoms with Crippen LogP contribution in [0.15, 0.2) is 36.5 Å². The Bertz CT molecular complexity index is 1020. The highest BCUT2D eigenvalue weighted by atomic mass is 35.5. The highest BCUT2D eigenvalue weighted by Gasteiger charge is 2.26. The first-order valence-corrected chi connectivity index (χ1v) is 9.58. The second-order valence-electron chi connectivity index (χ2n) is 7.12. The van der Waals surface area contributed by atoms with E-state index in [1.54, 1.807) is 16.7 Å². The van der Waals surface area contributed by atoms with Crippen LogP contribution in [-0.2, 0) is 0 Å². The summed E-state index contributed by atoms with van der Waals surface area (Å²) in [5, 5.41) is 0.591. The van der Waals surface area contributed by atoms with Gasteiger partial charge in [0.15, 0.2) is 0 Å². The summed E-state index contributed by atoms with van der Waals surface area (Å²) in [6, 6.07) is 10.0. The lowest BCUT2D eigenvalue weighted by molar-refractivity contribution is 0.0739. The molecule has 4 rings (SSSR count). The summed E-state index contributed by atoms with van der Waals surface area (Å²) in [7, 11) is 0. The zero-order valence-electron chi connectivity index (χ0n) is 15.9. The van der Waals surface area contributed by atoms with Gasteiger partial charge in [0, 0.05) is 38.1 Å². The van der Waals surface area contributed by atoms with E-state index >= 15 is 0 Å². The molecule has 1 fully saturated rings. The van der Waals surface area contributed by atoms with Crippen LogP contribution in [0.1, 0.15) is 27.3 Å². The van der Waals surface area contributed by atoms with Crippen LogP contribution in [0.4, 0.5) is 5.69 Å². The standard InChI is InChI=1S/C21H23ClN4O/c1-14-5-4-6-18(15(14)2)24-9-11-25(12-10-24)21(27)20-16(3)23-19-8-7-17(22)13-26(19)20/h4-8,13H,9-12H2,1-3H3. The Labute approximate surface area is 164 Å². The number of imidazole rings is 1. The van der Waals surface area contributed by atoms with Crippen molar-refractivity contribution >= 4 is 28.8 Å². The van der Waals surface area contributed by atoms with E-state index in [0.29, 0.717) is 23.8 Å². The SMILES string of the molecule is Cc1cccc(N2CCN(C(=O)c3c(C)nc4ccc(Cl)cn34)CC2)c1C. The van der Waals surface area contributed by atoms with Gasteiger partial charge in [0.2, 0.25) is 0 Å². The monoisotopic (exact) mass is 382 g/mol. The summed E-state index contributed by atoms with van der Waals surface area (Å²) in [5.41, 5.74) is 5.95. The summed E-state index contributed by atoms with van der Waals surface area (Å²) in [5.74, 6) is 0.0166. The second kappa shape index (κ2) is 6.89. The van der Waals surface area contributed by atoms with Crippen LogP contribution in [0.25, 0.3) is 5.65 Å². The van der Waals surface area contributed by atoms with Gasteiger partial charge >= 0.3 is 0 Å². The molecular formula is C21H23ClN4O. The van der Waals surface area contributed by atoms with Crippen molar-refractivity contribution < 1.29 is 4.79 Å². The summed E-state index contributed by atoms with van der Waals surface area (Å²) >= 11 is 6.12. The van der Waals surface area contributed by atoms with Gasteiger partial charge in [0.1, 0.15) is 11.3 Å². The summed E-state index contributed by atoms with van der Waals surface area (Å²) in [4.78, 5) is 22.0. The smallest absolute Gasteiger partial charge is 0.272 e. The van der Waals surface area contributed by atoms with Gasteiger partial charge in [-0.3, -0.25) is 9.20 Å². The molecule has 140 valence electrons. The summed E-state index contributed by atoms with van der Waals surface area (Å²) in [6.07, 6.45) is 1.76. The lowest BCUT2D eigenvalue weighted by Gasteiger charge is -2.37. The maximum Gasteiger partial charge on any atom is 0.272 e. The van der Waals surface area contributed by atoms with Crippen LogP contribution in [0, 0.1) is 20.8 Å². The van der Waals surface area contributed by atoms with Crippen molar-refractivity contribution in [3.8, 4) is 0 Å². The molecule has 3 heterocycles. The van der Waals surface area contributed by atoms with Crippen LogP contribution in [0.2, 0.25) is 5.02 Å². The highest BCUT2D eigenvalue weighted by molar-refractivity contribution is 6.30. The number of rotatable bonds is 2. The maximum absolute atomic E-state index is 13.2. The van der Waals surface area contributed by atoms with E-state index in [1.807, 2.05) is 17.9 Å². The fourth-order valence-corrected chi connectivity index (χ4v) is 3.93. The van der Waals surface area contributed by atoms with Gasteiger partial charge in [-0.25, -0.2) is 4.98 Å². The molecule has 5 nitrogen and oxygen atoms in total. The number of nitrogens with zero attached hydrogens (tertiary/aromatic N) is 4. The number of pyridine rings is 1. The Hall–Kier alpha value is -2.53. The molecule has 1 aliphatic rings. The molecule has 3 aromatic rings. The minimum Gasteiger partial charge on any atom is -0.368 e. The number of carbonyl (C=O) groups excluding carboxylic acids is 1. The number of halogens is 1. The van der Waals surface area contributed by atoms with Crippen molar-refractivity contribution in [2.75, 3.05) is 31.1 Å². The zero-order valence-corrected chi connectivity index (χ0v) is 16.6. The fourth-order valence-electron chi connectivity index (χ4n) is 3.77. The van der Waals surface area contributed by atoms with Crippen LogP contribution in [0.3, 0.4) is 0 Å². The zero-order chi connectivity index (χ0) is 19.1. The number of hydrogen-bond donors (Lipinski definition) is 0. The third-order valence-electron chi connectivity index (χ3n) is 5.44. The second-order valence-corrected chi connectivity index (χ2v) is 7.56. The van der Waals surface area contributed by atoms with Crippen molar-refractivity contribution in [2.45, 2.75) is 20.8 Å². The Morgan fingerprint density at radius 1 is 1.04 bits per heavy atom. The normalized spacial score (nSPS) is 14.8. The topological polar surface area (TPSA) is 40.8 Å². The molecule has 0 radical (unpaired) electrons. The lowest BCUT2D eigenvalue weighted by Crippen LogP contribution is -2.49. The number of aryl methyl sites for hydroxylation is 2. The van der Waals surface area contributed by atoms with Crippen molar-refractivity contribution in [3.05, 3.63) is 64.1 Å². The molecule has 6 heteroatoms. The van der Waals surface area contributed by atoms with E-state index in [4.69, 9.17) is 11.6 Å². The number of carbonyl (C=O) groups is 1. The highest BCUT2D eigenvalue weighted by Crippen LogP contribution is 2.25. The summed E-state index contributed by atoms with van der Waals surface area (Å²) < 4.78 is 1.80. The van der Waals surface area contributed by atoms with Gasteiger partial charge in [-0.2, -0.15) is 0 Å². The number of anilines is 1. The first-order valence-electron chi connectivity index (χ1n) is 9.20. The average molecular weight is 383 g/mol. The van der Waals surface area contributed by atoms with Gasteiger partial charge < -0.3 is 9.80 Å². The van der Waals surface area contributed by atoms with Gasteiger partial charge in [0.25, 0.3) is 5.91 Å². The number of benzene rings is 1. The van der Waals surface area contributed by atoms with Crippen LogP contribution >= 0.6 is 11.6 Å². The van der Waals surface area contributed by atoms with Crippen LogP contribution in [-0.4, -0.2) is 46.4 Å². The number of hydrogen-bond acceptors (Lipinski definition) is 3. The van der Waals surface area contributed by atoms with Crippen molar-refractivity contribution in [1.82, 2.24) is 14.3 Å². The molecule has 0 unspecified atom stereocenters. The Morgan fingerprint density at radius 3 is 2.52 bits per heavy atom. The Kier molecular flexibility index (Phi) is 4.56. The molecule has 1 aromatic carbocycles. The lowest BCUT2D eigenvalue weighted by atomic mass is 10.1. The molecule has 2 aromatic heterocycles. The largest absolute Gasteiger partial charge is 0.368 e. The van der Waals surface area contributed by atoms with E-state index in [-0.39, 0.29) is 5.91 Å². The van der Waals surface area contributed by atoms with E-state index in [0.717, 1.165) is 24.4 Å². The molecule has 0 spiro atoms. The predicted molar refractivity (Wildman–Crippen MR) is 109 cm³/mol. The molecule has 1 amide bonds. The molecule has 0 bridgehead atoms. The van der Waals surface area contributed by atoms with Crippen LogP contribution in [0.5, 0.6) is 0 Å². The quantitative estimate of drug-likeness (QED) is 0.675.